The highest BCUT2D eigenvalue weighted by molar-refractivity contribution is 5.76. The number of phenols is 1. The van der Waals surface area contributed by atoms with Gasteiger partial charge in [-0.2, -0.15) is 0 Å². The molecule has 4 N–H and O–H groups in total. The van der Waals surface area contributed by atoms with Crippen LogP contribution in [0.15, 0.2) is 12.1 Å². The minimum absolute atomic E-state index is 0.117. The Morgan fingerprint density at radius 2 is 1.75 bits per heavy atom. The normalized spacial score (nSPS) is 11.9. The van der Waals surface area contributed by atoms with E-state index >= 15 is 0 Å². The fraction of sp³-hybridized carbons (Fsp3) is 0.300. The summed E-state index contributed by atoms with van der Waals surface area (Å²) in [4.78, 5) is 10.7. The van der Waals surface area contributed by atoms with Gasteiger partial charge in [-0.15, -0.1) is 0 Å². The topological polar surface area (TPSA) is 102 Å². The molecule has 1 aromatic carbocycles. The van der Waals surface area contributed by atoms with Crippen molar-refractivity contribution in [3.05, 3.63) is 17.7 Å². The van der Waals surface area contributed by atoms with E-state index in [1.807, 2.05) is 0 Å². The van der Waals surface area contributed by atoms with Gasteiger partial charge in [0.2, 0.25) is 5.75 Å². The number of hydrogen-bond acceptors (Lipinski definition) is 5. The molecular formula is C10H13NO5. The Morgan fingerprint density at radius 1 is 1.31 bits per heavy atom. The average molecular weight is 227 g/mol. The van der Waals surface area contributed by atoms with Crippen LogP contribution in [0.25, 0.3) is 0 Å². The van der Waals surface area contributed by atoms with Crippen LogP contribution in [0.1, 0.15) is 11.6 Å². The predicted molar refractivity (Wildman–Crippen MR) is 55.8 cm³/mol. The smallest absolute Gasteiger partial charge is 0.325 e. The molecule has 0 aromatic heterocycles. The molecule has 0 saturated heterocycles. The van der Waals surface area contributed by atoms with Crippen LogP contribution < -0.4 is 15.2 Å². The summed E-state index contributed by atoms with van der Waals surface area (Å²) in [6.07, 6.45) is 0. The number of aliphatic carboxylic acids is 1. The Bertz CT molecular complexity index is 379. The maximum Gasteiger partial charge on any atom is 0.325 e. The fourth-order valence-corrected chi connectivity index (χ4v) is 1.24. The zero-order valence-electron chi connectivity index (χ0n) is 8.93. The Labute approximate surface area is 92.2 Å². The quantitative estimate of drug-likeness (QED) is 0.692. The van der Waals surface area contributed by atoms with Crippen LogP contribution in [-0.4, -0.2) is 30.4 Å². The molecule has 1 aromatic rings. The molecule has 88 valence electrons. The van der Waals surface area contributed by atoms with E-state index in [2.05, 4.69) is 0 Å². The zero-order valence-corrected chi connectivity index (χ0v) is 8.93. The van der Waals surface area contributed by atoms with Crippen molar-refractivity contribution >= 4 is 5.97 Å². The van der Waals surface area contributed by atoms with E-state index in [4.69, 9.17) is 20.3 Å². The maximum absolute atomic E-state index is 10.7. The molecule has 0 heterocycles. The van der Waals surface area contributed by atoms with Gasteiger partial charge in [0.05, 0.1) is 14.2 Å². The number of phenolic OH excluding ortho intramolecular Hbond substituents is 1. The van der Waals surface area contributed by atoms with E-state index in [1.54, 1.807) is 0 Å². The Kier molecular flexibility index (Phi) is 3.57. The molecule has 0 saturated carbocycles. The standard InChI is InChI=1S/C10H13NO5/c1-15-6-3-5(8(11)10(13)14)4-7(16-2)9(6)12/h3-4,8,12H,11H2,1-2H3,(H,13,14)/t8-/m1/s1. The summed E-state index contributed by atoms with van der Waals surface area (Å²) >= 11 is 0. The van der Waals surface area contributed by atoms with Gasteiger partial charge in [-0.3, -0.25) is 4.79 Å². The Hall–Kier alpha value is -1.95. The van der Waals surface area contributed by atoms with E-state index in [-0.39, 0.29) is 17.2 Å². The fourth-order valence-electron chi connectivity index (χ4n) is 1.24. The van der Waals surface area contributed by atoms with Crippen LogP contribution in [0.3, 0.4) is 0 Å². The summed E-state index contributed by atoms with van der Waals surface area (Å²) in [6.45, 7) is 0. The second-order valence-corrected chi connectivity index (χ2v) is 3.09. The van der Waals surface area contributed by atoms with Gasteiger partial charge in [0.15, 0.2) is 11.5 Å². The van der Waals surface area contributed by atoms with Gasteiger partial charge in [0.25, 0.3) is 0 Å². The number of carbonyl (C=O) groups is 1. The number of rotatable bonds is 4. The van der Waals surface area contributed by atoms with Gasteiger partial charge in [0.1, 0.15) is 6.04 Å². The number of nitrogens with two attached hydrogens (primary N) is 1. The molecule has 0 fully saturated rings. The summed E-state index contributed by atoms with van der Waals surface area (Å²) in [6, 6.07) is 1.52. The van der Waals surface area contributed by atoms with E-state index < -0.39 is 12.0 Å². The van der Waals surface area contributed by atoms with Gasteiger partial charge in [-0.25, -0.2) is 0 Å². The molecule has 0 spiro atoms. The van der Waals surface area contributed by atoms with Crippen LogP contribution in [-0.2, 0) is 4.79 Å². The summed E-state index contributed by atoms with van der Waals surface area (Å²) in [5, 5.41) is 18.4. The average Bonchev–Trinajstić information content (AvgIpc) is 2.28. The van der Waals surface area contributed by atoms with Crippen molar-refractivity contribution in [1.29, 1.82) is 0 Å². The van der Waals surface area contributed by atoms with Crippen molar-refractivity contribution in [1.82, 2.24) is 0 Å². The molecule has 16 heavy (non-hydrogen) atoms. The van der Waals surface area contributed by atoms with Crippen molar-refractivity contribution in [3.63, 3.8) is 0 Å². The van der Waals surface area contributed by atoms with Crippen LogP contribution >= 0.6 is 0 Å². The van der Waals surface area contributed by atoms with Crippen molar-refractivity contribution in [2.75, 3.05) is 14.2 Å². The SMILES string of the molecule is COc1cc([C@@H](N)C(=O)O)cc(OC)c1O. The lowest BCUT2D eigenvalue weighted by Crippen LogP contribution is -2.20. The number of hydrogen-bond donors (Lipinski definition) is 3. The van der Waals surface area contributed by atoms with Crippen LogP contribution in [0.2, 0.25) is 0 Å². The molecule has 0 aliphatic heterocycles. The third-order valence-electron chi connectivity index (χ3n) is 2.13. The molecule has 0 aliphatic rings. The van der Waals surface area contributed by atoms with E-state index in [0.29, 0.717) is 5.56 Å². The Morgan fingerprint density at radius 3 is 2.06 bits per heavy atom. The van der Waals surface area contributed by atoms with Crippen LogP contribution in [0.4, 0.5) is 0 Å². The maximum atomic E-state index is 10.7. The number of carboxylic acid groups (broad SMARTS) is 1. The minimum atomic E-state index is -1.19. The second kappa shape index (κ2) is 4.71. The lowest BCUT2D eigenvalue weighted by atomic mass is 10.1. The zero-order chi connectivity index (χ0) is 12.3. The van der Waals surface area contributed by atoms with Gasteiger partial charge in [-0.1, -0.05) is 0 Å². The molecule has 1 atom stereocenters. The van der Waals surface area contributed by atoms with Crippen LogP contribution in [0, 0.1) is 0 Å². The predicted octanol–water partition coefficient (Wildman–Crippen LogP) is 0.494. The van der Waals surface area contributed by atoms with Gasteiger partial charge < -0.3 is 25.4 Å². The number of ether oxygens (including phenoxy) is 2. The first-order valence-corrected chi connectivity index (χ1v) is 4.44. The first-order chi connectivity index (χ1) is 7.51. The first-order valence-electron chi connectivity index (χ1n) is 4.44. The number of methoxy groups -OCH3 is 2. The molecular weight excluding hydrogens is 214 g/mol. The minimum Gasteiger partial charge on any atom is -0.502 e. The monoisotopic (exact) mass is 227 g/mol. The van der Waals surface area contributed by atoms with E-state index in [9.17, 15) is 9.90 Å². The summed E-state index contributed by atoms with van der Waals surface area (Å²) < 4.78 is 9.76. The molecule has 1 rings (SSSR count). The van der Waals surface area contributed by atoms with Crippen molar-refractivity contribution in [2.24, 2.45) is 5.73 Å². The summed E-state index contributed by atoms with van der Waals surface area (Å²) in [7, 11) is 2.70. The molecule has 0 aliphatic carbocycles. The van der Waals surface area contributed by atoms with Gasteiger partial charge in [0, 0.05) is 0 Å². The largest absolute Gasteiger partial charge is 0.502 e. The highest BCUT2D eigenvalue weighted by Crippen LogP contribution is 2.38. The second-order valence-electron chi connectivity index (χ2n) is 3.09. The first kappa shape index (κ1) is 12.1. The van der Waals surface area contributed by atoms with Crippen LogP contribution in [0.5, 0.6) is 17.2 Å². The van der Waals surface area contributed by atoms with Gasteiger partial charge >= 0.3 is 5.97 Å². The lowest BCUT2D eigenvalue weighted by Gasteiger charge is -2.13. The van der Waals surface area contributed by atoms with Gasteiger partial charge in [-0.05, 0) is 17.7 Å². The highest BCUT2D eigenvalue weighted by atomic mass is 16.5. The Balaban J connectivity index is 3.26. The van der Waals surface area contributed by atoms with Crippen molar-refractivity contribution in [3.8, 4) is 17.2 Å². The third-order valence-corrected chi connectivity index (χ3v) is 2.13. The lowest BCUT2D eigenvalue weighted by molar-refractivity contribution is -0.138. The number of carboxylic acids is 1. The summed E-state index contributed by atoms with van der Waals surface area (Å²) in [5.41, 5.74) is 5.73. The summed E-state index contributed by atoms with van der Waals surface area (Å²) in [5.74, 6) is -1.13. The molecule has 6 nitrogen and oxygen atoms in total. The van der Waals surface area contributed by atoms with E-state index in [1.165, 1.54) is 26.4 Å². The molecule has 0 amide bonds. The number of aromatic hydroxyl groups is 1. The molecule has 6 heteroatoms. The molecule has 0 unspecified atom stereocenters. The van der Waals surface area contributed by atoms with E-state index in [0.717, 1.165) is 0 Å². The molecule has 0 radical (unpaired) electrons. The number of benzene rings is 1. The molecule has 0 bridgehead atoms. The highest BCUT2D eigenvalue weighted by Gasteiger charge is 2.19. The van der Waals surface area contributed by atoms with Crippen molar-refractivity contribution in [2.45, 2.75) is 6.04 Å². The third kappa shape index (κ3) is 2.17. The van der Waals surface area contributed by atoms with Crippen molar-refractivity contribution < 1.29 is 24.5 Å².